The largest absolute Gasteiger partial charge is 0.398 e. The maximum absolute atomic E-state index is 15.5. The van der Waals surface area contributed by atoms with Crippen LogP contribution in [-0.2, 0) is 0 Å². The fourth-order valence-corrected chi connectivity index (χ4v) is 6.45. The minimum absolute atomic E-state index is 0.209. The lowest BCUT2D eigenvalue weighted by Crippen LogP contribution is -2.11. The Hall–Kier alpha value is -6.00. The topological polar surface area (TPSA) is 29.3 Å². The van der Waals surface area contributed by atoms with E-state index in [-0.39, 0.29) is 21.5 Å². The number of hydrogen-bond donors (Lipinski definition) is 1. The van der Waals surface area contributed by atoms with Gasteiger partial charge >= 0.3 is 0 Å². The first kappa shape index (κ1) is 27.5. The molecule has 46 heavy (non-hydrogen) atoms. The third-order valence-electron chi connectivity index (χ3n) is 8.71. The third kappa shape index (κ3) is 4.63. The van der Waals surface area contributed by atoms with Gasteiger partial charge in [-0.15, -0.1) is 0 Å². The molecule has 0 aromatic heterocycles. The lowest BCUT2D eigenvalue weighted by molar-refractivity contribution is 0.635. The van der Waals surface area contributed by atoms with E-state index in [0.717, 1.165) is 44.2 Å². The number of anilines is 3. The molecule has 0 aliphatic carbocycles. The number of hydrogen-bond acceptors (Lipinski definition) is 2. The predicted octanol–water partition coefficient (Wildman–Crippen LogP) is 11.5. The van der Waals surface area contributed by atoms with Crippen molar-refractivity contribution >= 4 is 71.9 Å². The van der Waals surface area contributed by atoms with Gasteiger partial charge in [-0.25, -0.2) is 8.78 Å². The molecule has 0 amide bonds. The highest BCUT2D eigenvalue weighted by atomic mass is 19.1. The second-order valence-corrected chi connectivity index (χ2v) is 11.5. The molecular formula is C42H28F2N2. The van der Waals surface area contributed by atoms with Crippen molar-refractivity contribution in [2.75, 3.05) is 4.90 Å². The van der Waals surface area contributed by atoms with Crippen LogP contribution in [0.5, 0.6) is 0 Å². The number of rotatable bonds is 5. The zero-order chi connectivity index (χ0) is 31.2. The van der Waals surface area contributed by atoms with Crippen LogP contribution in [0.4, 0.5) is 25.8 Å². The molecule has 220 valence electrons. The summed E-state index contributed by atoms with van der Waals surface area (Å²) in [7, 11) is 0. The summed E-state index contributed by atoms with van der Waals surface area (Å²) in [5, 5.41) is 5.60. The van der Waals surface area contributed by atoms with E-state index in [1.807, 2.05) is 18.2 Å². The van der Waals surface area contributed by atoms with Crippen LogP contribution in [0.25, 0.3) is 54.9 Å². The molecule has 4 heteroatoms. The Bertz CT molecular complexity index is 2370. The van der Waals surface area contributed by atoms with Crippen LogP contribution in [0.2, 0.25) is 0 Å². The Balaban J connectivity index is 1.21. The van der Waals surface area contributed by atoms with E-state index >= 15 is 8.78 Å². The molecule has 0 radical (unpaired) electrons. The van der Waals surface area contributed by atoms with Crippen LogP contribution in [0.1, 0.15) is 11.1 Å². The first-order valence-corrected chi connectivity index (χ1v) is 15.2. The molecule has 0 unspecified atom stereocenters. The molecular weight excluding hydrogens is 570 g/mol. The van der Waals surface area contributed by atoms with Crippen molar-refractivity contribution in [3.8, 4) is 0 Å². The smallest absolute Gasteiger partial charge is 0.139 e. The standard InChI is InChI=1S/C42H28F2N2/c43-41-34-15-5-6-16-35(34)42(44)37-26-30(21-24-36(37)41)38(45)25-27-19-22-31(23-20-27)46(39-17-7-11-28-9-1-3-13-32(28)39)40-18-8-12-29-10-2-4-14-33(29)40/h1-26H,45H2. The van der Waals surface area contributed by atoms with Gasteiger partial charge in [0.1, 0.15) is 11.6 Å². The summed E-state index contributed by atoms with van der Waals surface area (Å²) in [4.78, 5) is 2.30. The maximum Gasteiger partial charge on any atom is 0.139 e. The summed E-state index contributed by atoms with van der Waals surface area (Å²) < 4.78 is 30.7. The molecule has 8 aromatic rings. The van der Waals surface area contributed by atoms with Gasteiger partial charge in [-0.2, -0.15) is 0 Å². The molecule has 8 rings (SSSR count). The Morgan fingerprint density at radius 3 is 1.54 bits per heavy atom. The highest BCUT2D eigenvalue weighted by molar-refractivity contribution is 6.05. The zero-order valence-electron chi connectivity index (χ0n) is 24.8. The van der Waals surface area contributed by atoms with Crippen LogP contribution in [0.3, 0.4) is 0 Å². The van der Waals surface area contributed by atoms with Crippen molar-refractivity contribution in [1.29, 1.82) is 0 Å². The van der Waals surface area contributed by atoms with E-state index in [0.29, 0.717) is 11.3 Å². The summed E-state index contributed by atoms with van der Waals surface area (Å²) in [5.41, 5.74) is 11.7. The summed E-state index contributed by atoms with van der Waals surface area (Å²) in [6.45, 7) is 0. The van der Waals surface area contributed by atoms with Crippen LogP contribution in [-0.4, -0.2) is 0 Å². The average Bonchev–Trinajstić information content (AvgIpc) is 3.11. The van der Waals surface area contributed by atoms with Crippen molar-refractivity contribution in [2.24, 2.45) is 5.73 Å². The highest BCUT2D eigenvalue weighted by Gasteiger charge is 2.18. The van der Waals surface area contributed by atoms with Crippen molar-refractivity contribution < 1.29 is 8.78 Å². The number of benzene rings is 8. The van der Waals surface area contributed by atoms with E-state index in [1.165, 1.54) is 0 Å². The average molecular weight is 599 g/mol. The molecule has 0 bridgehead atoms. The van der Waals surface area contributed by atoms with Crippen molar-refractivity contribution in [3.63, 3.8) is 0 Å². The number of fused-ring (bicyclic) bond motifs is 4. The molecule has 0 aliphatic rings. The molecule has 2 nitrogen and oxygen atoms in total. The second kappa shape index (κ2) is 11.2. The zero-order valence-corrected chi connectivity index (χ0v) is 24.8. The van der Waals surface area contributed by atoms with E-state index in [2.05, 4.69) is 102 Å². The highest BCUT2D eigenvalue weighted by Crippen LogP contribution is 2.42. The normalized spacial score (nSPS) is 11.9. The third-order valence-corrected chi connectivity index (χ3v) is 8.71. The number of nitrogens with zero attached hydrogens (tertiary/aromatic N) is 1. The molecule has 2 N–H and O–H groups in total. The Morgan fingerprint density at radius 2 is 0.957 bits per heavy atom. The van der Waals surface area contributed by atoms with E-state index < -0.39 is 11.6 Å². The summed E-state index contributed by atoms with van der Waals surface area (Å²) >= 11 is 0. The predicted molar refractivity (Wildman–Crippen MR) is 190 cm³/mol. The fourth-order valence-electron chi connectivity index (χ4n) is 6.45. The molecule has 0 saturated heterocycles. The SMILES string of the molecule is NC(=Cc1ccc(N(c2cccc3ccccc23)c2cccc3ccccc23)cc1)c1ccc2c(F)c3ccccc3c(F)c2c1. The lowest BCUT2D eigenvalue weighted by Gasteiger charge is -2.28. The molecule has 0 atom stereocenters. The van der Waals surface area contributed by atoms with Gasteiger partial charge in [-0.05, 0) is 58.3 Å². The van der Waals surface area contributed by atoms with Gasteiger partial charge in [-0.3, -0.25) is 0 Å². The molecule has 0 heterocycles. The van der Waals surface area contributed by atoms with Gasteiger partial charge in [0.25, 0.3) is 0 Å². The van der Waals surface area contributed by atoms with Gasteiger partial charge in [0.15, 0.2) is 0 Å². The summed E-state index contributed by atoms with van der Waals surface area (Å²) in [6.07, 6.45) is 1.86. The van der Waals surface area contributed by atoms with Gasteiger partial charge in [0.05, 0.1) is 11.4 Å². The van der Waals surface area contributed by atoms with Crippen LogP contribution in [0.15, 0.2) is 152 Å². The first-order chi connectivity index (χ1) is 22.6. The van der Waals surface area contributed by atoms with Gasteiger partial charge in [0.2, 0.25) is 0 Å². The second-order valence-electron chi connectivity index (χ2n) is 11.5. The first-order valence-electron chi connectivity index (χ1n) is 15.2. The van der Waals surface area contributed by atoms with Crippen molar-refractivity contribution in [3.05, 3.63) is 174 Å². The van der Waals surface area contributed by atoms with Crippen molar-refractivity contribution in [1.82, 2.24) is 0 Å². The fraction of sp³-hybridized carbons (Fsp3) is 0. The van der Waals surface area contributed by atoms with Gasteiger partial charge in [-0.1, -0.05) is 121 Å². The molecule has 0 spiro atoms. The molecule has 0 saturated carbocycles. The Kier molecular flexibility index (Phi) is 6.69. The number of nitrogens with two attached hydrogens (primary N) is 1. The van der Waals surface area contributed by atoms with Crippen LogP contribution in [0, 0.1) is 11.6 Å². The minimum atomic E-state index is -0.451. The summed E-state index contributed by atoms with van der Waals surface area (Å²) in [5.74, 6) is -0.883. The maximum atomic E-state index is 15.5. The number of halogens is 2. The van der Waals surface area contributed by atoms with Gasteiger partial charge < -0.3 is 10.6 Å². The van der Waals surface area contributed by atoms with Crippen molar-refractivity contribution in [2.45, 2.75) is 0 Å². The quantitative estimate of drug-likeness (QED) is 0.158. The Morgan fingerprint density at radius 1 is 0.478 bits per heavy atom. The molecule has 8 aromatic carbocycles. The van der Waals surface area contributed by atoms with Crippen LogP contribution >= 0.6 is 0 Å². The van der Waals surface area contributed by atoms with E-state index in [9.17, 15) is 0 Å². The Labute approximate surface area is 265 Å². The molecule has 0 fully saturated rings. The van der Waals surface area contributed by atoms with Crippen LogP contribution < -0.4 is 10.6 Å². The van der Waals surface area contributed by atoms with E-state index in [1.54, 1.807) is 42.5 Å². The lowest BCUT2D eigenvalue weighted by atomic mass is 9.98. The van der Waals surface area contributed by atoms with E-state index in [4.69, 9.17) is 5.73 Å². The summed E-state index contributed by atoms with van der Waals surface area (Å²) in [6, 6.07) is 49.4. The van der Waals surface area contributed by atoms with Gasteiger partial charge in [0, 0.05) is 43.7 Å². The minimum Gasteiger partial charge on any atom is -0.398 e. The monoisotopic (exact) mass is 598 g/mol. The molecule has 0 aliphatic heterocycles.